The predicted molar refractivity (Wildman–Crippen MR) is 51.4 cm³/mol. The summed E-state index contributed by atoms with van der Waals surface area (Å²) < 4.78 is 0. The van der Waals surface area contributed by atoms with E-state index >= 15 is 0 Å². The van der Waals surface area contributed by atoms with Crippen LogP contribution in [0.3, 0.4) is 0 Å². The summed E-state index contributed by atoms with van der Waals surface area (Å²) in [5.41, 5.74) is 0.104. The Balaban J connectivity index is 1.85. The molecule has 3 heteroatoms. The lowest BCUT2D eigenvalue weighted by Gasteiger charge is -2.32. The standard InChI is InChI=1S/C10H18N2O/c1-10(4-2-3-5-10)12-9(13)8-6-11-7-8/h8,11H,2-7H2,1H3,(H,12,13). The molecule has 3 nitrogen and oxygen atoms in total. The summed E-state index contributed by atoms with van der Waals surface area (Å²) >= 11 is 0. The predicted octanol–water partition coefficient (Wildman–Crippen LogP) is 0.655. The highest BCUT2D eigenvalue weighted by molar-refractivity contribution is 5.80. The van der Waals surface area contributed by atoms with Gasteiger partial charge in [-0.25, -0.2) is 0 Å². The molecular weight excluding hydrogens is 164 g/mol. The summed E-state index contributed by atoms with van der Waals surface area (Å²) in [5.74, 6) is 0.487. The van der Waals surface area contributed by atoms with Crippen molar-refractivity contribution in [1.29, 1.82) is 0 Å². The molecule has 13 heavy (non-hydrogen) atoms. The van der Waals surface area contributed by atoms with Crippen LogP contribution in [0.5, 0.6) is 0 Å². The number of rotatable bonds is 2. The molecule has 0 spiro atoms. The van der Waals surface area contributed by atoms with Gasteiger partial charge in [-0.3, -0.25) is 4.79 Å². The third kappa shape index (κ3) is 1.85. The molecule has 0 radical (unpaired) electrons. The molecule has 0 aromatic carbocycles. The molecule has 1 heterocycles. The molecule has 2 rings (SSSR count). The molecule has 1 saturated heterocycles. The van der Waals surface area contributed by atoms with Crippen LogP contribution in [-0.2, 0) is 4.79 Å². The molecule has 0 bridgehead atoms. The SMILES string of the molecule is CC1(NC(=O)C2CNC2)CCCC1. The van der Waals surface area contributed by atoms with Crippen molar-refractivity contribution in [3.8, 4) is 0 Å². The molecule has 0 atom stereocenters. The Morgan fingerprint density at radius 2 is 2.00 bits per heavy atom. The summed E-state index contributed by atoms with van der Waals surface area (Å²) in [4.78, 5) is 11.6. The average molecular weight is 182 g/mol. The van der Waals surface area contributed by atoms with Crippen LogP contribution in [0, 0.1) is 5.92 Å². The fraction of sp³-hybridized carbons (Fsp3) is 0.900. The lowest BCUT2D eigenvalue weighted by atomic mass is 9.96. The van der Waals surface area contributed by atoms with Crippen molar-refractivity contribution >= 4 is 5.91 Å². The zero-order chi connectivity index (χ0) is 9.31. The number of carbonyl (C=O) groups excluding carboxylic acids is 1. The zero-order valence-corrected chi connectivity index (χ0v) is 8.23. The second kappa shape index (κ2) is 3.29. The molecule has 0 aromatic heterocycles. The van der Waals surface area contributed by atoms with Crippen molar-refractivity contribution in [3.63, 3.8) is 0 Å². The number of hydrogen-bond acceptors (Lipinski definition) is 2. The van der Waals surface area contributed by atoms with Crippen LogP contribution in [0.25, 0.3) is 0 Å². The monoisotopic (exact) mass is 182 g/mol. The van der Waals surface area contributed by atoms with E-state index in [9.17, 15) is 4.79 Å². The number of amides is 1. The Kier molecular flexibility index (Phi) is 2.28. The van der Waals surface area contributed by atoms with Gasteiger partial charge in [0.2, 0.25) is 5.91 Å². The second-order valence-corrected chi connectivity index (χ2v) is 4.61. The van der Waals surface area contributed by atoms with Crippen LogP contribution in [0.4, 0.5) is 0 Å². The molecule has 1 aliphatic carbocycles. The molecule has 2 aliphatic rings. The minimum atomic E-state index is 0.104. The Bertz CT molecular complexity index is 205. The maximum absolute atomic E-state index is 11.6. The maximum atomic E-state index is 11.6. The Morgan fingerprint density at radius 3 is 2.46 bits per heavy atom. The largest absolute Gasteiger partial charge is 0.351 e. The van der Waals surface area contributed by atoms with Gasteiger partial charge in [0, 0.05) is 18.6 Å². The highest BCUT2D eigenvalue weighted by Crippen LogP contribution is 2.29. The Labute approximate surface area is 79.3 Å². The smallest absolute Gasteiger partial charge is 0.226 e. The van der Waals surface area contributed by atoms with Gasteiger partial charge in [0.25, 0.3) is 0 Å². The summed E-state index contributed by atoms with van der Waals surface area (Å²) in [6.07, 6.45) is 4.83. The third-order valence-electron chi connectivity index (χ3n) is 3.28. The van der Waals surface area contributed by atoms with Crippen LogP contribution in [-0.4, -0.2) is 24.5 Å². The summed E-state index contributed by atoms with van der Waals surface area (Å²) in [7, 11) is 0. The van der Waals surface area contributed by atoms with Crippen molar-refractivity contribution in [1.82, 2.24) is 10.6 Å². The van der Waals surface area contributed by atoms with E-state index in [0.29, 0.717) is 0 Å². The van der Waals surface area contributed by atoms with Crippen molar-refractivity contribution in [3.05, 3.63) is 0 Å². The van der Waals surface area contributed by atoms with Crippen LogP contribution in [0.1, 0.15) is 32.6 Å². The fourth-order valence-corrected chi connectivity index (χ4v) is 2.15. The fourth-order valence-electron chi connectivity index (χ4n) is 2.15. The number of hydrogen-bond donors (Lipinski definition) is 2. The molecule has 1 saturated carbocycles. The van der Waals surface area contributed by atoms with Gasteiger partial charge in [0.15, 0.2) is 0 Å². The quantitative estimate of drug-likeness (QED) is 0.658. The second-order valence-electron chi connectivity index (χ2n) is 4.61. The Morgan fingerprint density at radius 1 is 1.38 bits per heavy atom. The van der Waals surface area contributed by atoms with Gasteiger partial charge in [-0.2, -0.15) is 0 Å². The van der Waals surface area contributed by atoms with Gasteiger partial charge in [0.1, 0.15) is 0 Å². The van der Waals surface area contributed by atoms with Crippen molar-refractivity contribution in [2.45, 2.75) is 38.1 Å². The van der Waals surface area contributed by atoms with Gasteiger partial charge in [-0.1, -0.05) is 12.8 Å². The number of nitrogens with one attached hydrogen (secondary N) is 2. The third-order valence-corrected chi connectivity index (χ3v) is 3.28. The van der Waals surface area contributed by atoms with Gasteiger partial charge >= 0.3 is 0 Å². The molecule has 2 N–H and O–H groups in total. The summed E-state index contributed by atoms with van der Waals surface area (Å²) in [5, 5.41) is 6.30. The highest BCUT2D eigenvalue weighted by atomic mass is 16.2. The van der Waals surface area contributed by atoms with E-state index in [4.69, 9.17) is 0 Å². The number of carbonyl (C=O) groups is 1. The topological polar surface area (TPSA) is 41.1 Å². The van der Waals surface area contributed by atoms with E-state index in [1.165, 1.54) is 12.8 Å². The first kappa shape index (κ1) is 9.00. The molecule has 1 amide bonds. The van der Waals surface area contributed by atoms with E-state index in [1.807, 2.05) is 0 Å². The van der Waals surface area contributed by atoms with E-state index in [2.05, 4.69) is 17.6 Å². The molecule has 0 aromatic rings. The first-order valence-corrected chi connectivity index (χ1v) is 5.22. The van der Waals surface area contributed by atoms with E-state index < -0.39 is 0 Å². The zero-order valence-electron chi connectivity index (χ0n) is 8.23. The van der Waals surface area contributed by atoms with E-state index in [-0.39, 0.29) is 17.4 Å². The van der Waals surface area contributed by atoms with Gasteiger partial charge < -0.3 is 10.6 Å². The highest BCUT2D eigenvalue weighted by Gasteiger charge is 2.34. The van der Waals surface area contributed by atoms with E-state index in [1.54, 1.807) is 0 Å². The Hall–Kier alpha value is -0.570. The molecular formula is C10H18N2O. The lowest BCUT2D eigenvalue weighted by molar-refractivity contribution is -0.128. The summed E-state index contributed by atoms with van der Waals surface area (Å²) in [6.45, 7) is 3.90. The minimum Gasteiger partial charge on any atom is -0.351 e. The average Bonchev–Trinajstić information content (AvgIpc) is 2.31. The van der Waals surface area contributed by atoms with Crippen molar-refractivity contribution < 1.29 is 4.79 Å². The van der Waals surface area contributed by atoms with Crippen LogP contribution in [0.15, 0.2) is 0 Å². The summed E-state index contributed by atoms with van der Waals surface area (Å²) in [6, 6.07) is 0. The van der Waals surface area contributed by atoms with Gasteiger partial charge in [0.05, 0.1) is 5.92 Å². The van der Waals surface area contributed by atoms with Crippen LogP contribution in [0.2, 0.25) is 0 Å². The van der Waals surface area contributed by atoms with Gasteiger partial charge in [-0.05, 0) is 19.8 Å². The first-order chi connectivity index (χ1) is 6.20. The lowest BCUT2D eigenvalue weighted by Crippen LogP contribution is -2.55. The van der Waals surface area contributed by atoms with E-state index in [0.717, 1.165) is 25.9 Å². The van der Waals surface area contributed by atoms with Crippen molar-refractivity contribution in [2.24, 2.45) is 5.92 Å². The van der Waals surface area contributed by atoms with Crippen LogP contribution < -0.4 is 10.6 Å². The van der Waals surface area contributed by atoms with Crippen LogP contribution >= 0.6 is 0 Å². The molecule has 0 unspecified atom stereocenters. The van der Waals surface area contributed by atoms with Gasteiger partial charge in [-0.15, -0.1) is 0 Å². The minimum absolute atomic E-state index is 0.104. The molecule has 1 aliphatic heterocycles. The normalized spacial score (nSPS) is 26.8. The first-order valence-electron chi connectivity index (χ1n) is 5.22. The molecule has 74 valence electrons. The molecule has 2 fully saturated rings. The maximum Gasteiger partial charge on any atom is 0.226 e. The van der Waals surface area contributed by atoms with Crippen molar-refractivity contribution in [2.75, 3.05) is 13.1 Å².